The Labute approximate surface area is 181 Å². The first kappa shape index (κ1) is 21.2. The Morgan fingerprint density at radius 3 is 2.80 bits per heavy atom. The molecular formula is C22H29N3O4S. The van der Waals surface area contributed by atoms with E-state index in [4.69, 9.17) is 9.47 Å². The summed E-state index contributed by atoms with van der Waals surface area (Å²) in [5.41, 5.74) is 0.878. The quantitative estimate of drug-likeness (QED) is 0.727. The molecule has 2 saturated heterocycles. The van der Waals surface area contributed by atoms with E-state index in [0.717, 1.165) is 41.6 Å². The summed E-state index contributed by atoms with van der Waals surface area (Å²) >= 11 is 1.43. The van der Waals surface area contributed by atoms with Crippen LogP contribution in [-0.4, -0.2) is 72.1 Å². The largest absolute Gasteiger partial charge is 0.378 e. The lowest BCUT2D eigenvalue weighted by molar-refractivity contribution is -0.136. The van der Waals surface area contributed by atoms with Gasteiger partial charge in [-0.15, -0.1) is 11.3 Å². The number of piperidine rings is 1. The molecule has 2 amide bonds. The SMILES string of the molecule is CCCOC1CCN(C(=O)c2sc3ncccc3c2C2CN(C(C)=O)CCO2)CC1. The van der Waals surface area contributed by atoms with Crippen LogP contribution in [0.4, 0.5) is 0 Å². The lowest BCUT2D eigenvalue weighted by atomic mass is 10.0. The molecule has 2 fully saturated rings. The van der Waals surface area contributed by atoms with Gasteiger partial charge in [-0.05, 0) is 25.3 Å². The predicted molar refractivity (Wildman–Crippen MR) is 116 cm³/mol. The summed E-state index contributed by atoms with van der Waals surface area (Å²) in [6.07, 6.45) is 4.41. The fourth-order valence-corrected chi connectivity index (χ4v) is 5.36. The maximum Gasteiger partial charge on any atom is 0.264 e. The Balaban J connectivity index is 1.59. The summed E-state index contributed by atoms with van der Waals surface area (Å²) in [4.78, 5) is 35.1. The Morgan fingerprint density at radius 1 is 1.27 bits per heavy atom. The molecule has 1 unspecified atom stereocenters. The molecule has 4 rings (SSSR count). The second-order valence-corrected chi connectivity index (χ2v) is 8.89. The van der Waals surface area contributed by atoms with E-state index < -0.39 is 0 Å². The second kappa shape index (κ2) is 9.41. The van der Waals surface area contributed by atoms with Crippen LogP contribution in [0.1, 0.15) is 54.4 Å². The van der Waals surface area contributed by atoms with Gasteiger partial charge in [-0.1, -0.05) is 13.0 Å². The molecule has 0 spiro atoms. The van der Waals surface area contributed by atoms with Gasteiger partial charge in [0.2, 0.25) is 5.91 Å². The van der Waals surface area contributed by atoms with Gasteiger partial charge < -0.3 is 19.3 Å². The van der Waals surface area contributed by atoms with Crippen LogP contribution in [0, 0.1) is 0 Å². The number of morpholine rings is 1. The van der Waals surface area contributed by atoms with Crippen LogP contribution in [0.25, 0.3) is 10.2 Å². The van der Waals surface area contributed by atoms with E-state index >= 15 is 0 Å². The first-order chi connectivity index (χ1) is 14.6. The average Bonchev–Trinajstić information content (AvgIpc) is 3.17. The zero-order valence-corrected chi connectivity index (χ0v) is 18.5. The number of hydrogen-bond acceptors (Lipinski definition) is 6. The standard InChI is InChI=1S/C22H29N3O4S/c1-3-12-28-16-6-9-24(10-7-16)22(27)20-19(17-5-4-8-23-21(17)30-20)18-14-25(15(2)26)11-13-29-18/h4-5,8,16,18H,3,6-7,9-14H2,1-2H3. The summed E-state index contributed by atoms with van der Waals surface area (Å²) < 4.78 is 11.9. The van der Waals surface area contributed by atoms with E-state index in [9.17, 15) is 9.59 Å². The molecule has 30 heavy (non-hydrogen) atoms. The first-order valence-corrected chi connectivity index (χ1v) is 11.6. The van der Waals surface area contributed by atoms with E-state index in [1.54, 1.807) is 18.0 Å². The zero-order valence-electron chi connectivity index (χ0n) is 17.6. The molecule has 0 bridgehead atoms. The number of ether oxygens (including phenoxy) is 2. The van der Waals surface area contributed by atoms with Gasteiger partial charge in [0.1, 0.15) is 15.8 Å². The van der Waals surface area contributed by atoms with E-state index in [0.29, 0.717) is 37.7 Å². The summed E-state index contributed by atoms with van der Waals surface area (Å²) in [5, 5.41) is 0.947. The maximum absolute atomic E-state index is 13.5. The molecule has 8 heteroatoms. The van der Waals surface area contributed by atoms with E-state index in [-0.39, 0.29) is 24.0 Å². The predicted octanol–water partition coefficient (Wildman–Crippen LogP) is 3.25. The number of rotatable bonds is 5. The molecule has 0 radical (unpaired) electrons. The lowest BCUT2D eigenvalue weighted by Gasteiger charge is -2.34. The minimum absolute atomic E-state index is 0.0305. The molecule has 1 atom stereocenters. The van der Waals surface area contributed by atoms with Crippen LogP contribution in [0.5, 0.6) is 0 Å². The molecule has 2 aromatic heterocycles. The van der Waals surface area contributed by atoms with Crippen molar-refractivity contribution in [3.8, 4) is 0 Å². The number of likely N-dealkylation sites (tertiary alicyclic amines) is 1. The minimum atomic E-state index is -0.315. The van der Waals surface area contributed by atoms with Crippen LogP contribution in [0.15, 0.2) is 18.3 Å². The molecule has 0 saturated carbocycles. The number of aromatic nitrogens is 1. The first-order valence-electron chi connectivity index (χ1n) is 10.7. The van der Waals surface area contributed by atoms with Gasteiger partial charge in [0.15, 0.2) is 0 Å². The summed E-state index contributed by atoms with van der Waals surface area (Å²) in [5.74, 6) is 0.0634. The number of pyridine rings is 1. The lowest BCUT2D eigenvalue weighted by Crippen LogP contribution is -2.43. The summed E-state index contributed by atoms with van der Waals surface area (Å²) in [6, 6.07) is 3.88. The van der Waals surface area contributed by atoms with Gasteiger partial charge in [0.25, 0.3) is 5.91 Å². The Kier molecular flexibility index (Phi) is 6.65. The summed E-state index contributed by atoms with van der Waals surface area (Å²) in [7, 11) is 0. The van der Waals surface area contributed by atoms with Crippen LogP contribution < -0.4 is 0 Å². The number of fused-ring (bicyclic) bond motifs is 1. The molecule has 2 aliphatic rings. The van der Waals surface area contributed by atoms with Gasteiger partial charge in [0.05, 0.1) is 19.3 Å². The van der Waals surface area contributed by atoms with Gasteiger partial charge in [-0.25, -0.2) is 4.98 Å². The molecule has 0 aromatic carbocycles. The molecule has 2 aliphatic heterocycles. The van der Waals surface area contributed by atoms with E-state index in [1.165, 1.54) is 11.3 Å². The molecule has 0 aliphatic carbocycles. The third kappa shape index (κ3) is 4.36. The topological polar surface area (TPSA) is 72.0 Å². The number of amides is 2. The highest BCUT2D eigenvalue weighted by Crippen LogP contribution is 2.38. The van der Waals surface area contributed by atoms with Crippen molar-refractivity contribution in [3.63, 3.8) is 0 Å². The molecule has 2 aromatic rings. The maximum atomic E-state index is 13.5. The van der Waals surface area contributed by atoms with E-state index in [2.05, 4.69) is 11.9 Å². The fraction of sp³-hybridized carbons (Fsp3) is 0.591. The Hall–Kier alpha value is -2.03. The molecular weight excluding hydrogens is 402 g/mol. The normalized spacial score (nSPS) is 20.7. The highest BCUT2D eigenvalue weighted by molar-refractivity contribution is 7.20. The van der Waals surface area contributed by atoms with Gasteiger partial charge in [0, 0.05) is 50.3 Å². The van der Waals surface area contributed by atoms with Crippen LogP contribution in [0.3, 0.4) is 0 Å². The van der Waals surface area contributed by atoms with Crippen LogP contribution >= 0.6 is 11.3 Å². The Morgan fingerprint density at radius 2 is 2.07 bits per heavy atom. The average molecular weight is 432 g/mol. The summed E-state index contributed by atoms with van der Waals surface area (Å²) in [6.45, 7) is 7.36. The molecule has 162 valence electrons. The second-order valence-electron chi connectivity index (χ2n) is 7.89. The molecule has 4 heterocycles. The minimum Gasteiger partial charge on any atom is -0.378 e. The number of carbonyl (C=O) groups excluding carboxylic acids is 2. The number of nitrogens with zero attached hydrogens (tertiary/aromatic N) is 3. The van der Waals surface area contributed by atoms with Gasteiger partial charge >= 0.3 is 0 Å². The molecule has 0 N–H and O–H groups in total. The van der Waals surface area contributed by atoms with Crippen molar-refractivity contribution in [3.05, 3.63) is 28.8 Å². The number of hydrogen-bond donors (Lipinski definition) is 0. The van der Waals surface area contributed by atoms with E-state index in [1.807, 2.05) is 17.0 Å². The van der Waals surface area contributed by atoms with Gasteiger partial charge in [-0.3, -0.25) is 9.59 Å². The Bertz CT molecular complexity index is 907. The van der Waals surface area contributed by atoms with Crippen LogP contribution in [-0.2, 0) is 14.3 Å². The monoisotopic (exact) mass is 431 g/mol. The highest BCUT2D eigenvalue weighted by Gasteiger charge is 2.33. The number of thiophene rings is 1. The van der Waals surface area contributed by atoms with Crippen molar-refractivity contribution in [2.75, 3.05) is 39.4 Å². The number of carbonyl (C=O) groups is 2. The van der Waals surface area contributed by atoms with Crippen molar-refractivity contribution < 1.29 is 19.1 Å². The van der Waals surface area contributed by atoms with Crippen molar-refractivity contribution in [1.82, 2.24) is 14.8 Å². The smallest absolute Gasteiger partial charge is 0.264 e. The highest BCUT2D eigenvalue weighted by atomic mass is 32.1. The third-order valence-corrected chi connectivity index (χ3v) is 6.94. The van der Waals surface area contributed by atoms with Crippen LogP contribution in [0.2, 0.25) is 0 Å². The van der Waals surface area contributed by atoms with Crippen molar-refractivity contribution in [2.45, 2.75) is 45.3 Å². The van der Waals surface area contributed by atoms with Crippen molar-refractivity contribution >= 4 is 33.4 Å². The molecule has 7 nitrogen and oxygen atoms in total. The fourth-order valence-electron chi connectivity index (χ4n) is 4.19. The third-order valence-electron chi connectivity index (χ3n) is 5.82. The van der Waals surface area contributed by atoms with Crippen molar-refractivity contribution in [1.29, 1.82) is 0 Å². The zero-order chi connectivity index (χ0) is 21.1. The van der Waals surface area contributed by atoms with Gasteiger partial charge in [-0.2, -0.15) is 0 Å². The van der Waals surface area contributed by atoms with Crippen molar-refractivity contribution in [2.24, 2.45) is 0 Å².